The van der Waals surface area contributed by atoms with E-state index in [0.717, 1.165) is 5.56 Å². The largest absolute Gasteiger partial charge is 0.454 e. The van der Waals surface area contributed by atoms with Crippen LogP contribution in [0.5, 0.6) is 11.5 Å². The zero-order valence-corrected chi connectivity index (χ0v) is 15.7. The number of hydrogen-bond donors (Lipinski definition) is 1. The second-order valence-electron chi connectivity index (χ2n) is 6.83. The van der Waals surface area contributed by atoms with Gasteiger partial charge in [-0.25, -0.2) is 0 Å². The molecular formula is C19H23ClN2O4. The number of halogens is 1. The monoisotopic (exact) mass is 378 g/mol. The van der Waals surface area contributed by atoms with Gasteiger partial charge >= 0.3 is 0 Å². The summed E-state index contributed by atoms with van der Waals surface area (Å²) >= 11 is 6.15. The van der Waals surface area contributed by atoms with Crippen LogP contribution in [0.15, 0.2) is 18.2 Å². The van der Waals surface area contributed by atoms with Crippen molar-refractivity contribution in [2.24, 2.45) is 5.92 Å². The van der Waals surface area contributed by atoms with Crippen molar-refractivity contribution < 1.29 is 19.1 Å². The molecular weight excluding hydrogens is 356 g/mol. The molecule has 0 radical (unpaired) electrons. The van der Waals surface area contributed by atoms with Gasteiger partial charge in [0.05, 0.1) is 5.02 Å². The molecule has 1 aromatic carbocycles. The summed E-state index contributed by atoms with van der Waals surface area (Å²) in [6.45, 7) is 5.22. The molecule has 0 aliphatic carbocycles. The summed E-state index contributed by atoms with van der Waals surface area (Å²) in [6, 6.07) is 3.67. The third kappa shape index (κ3) is 4.30. The highest BCUT2D eigenvalue weighted by molar-refractivity contribution is 6.32. The maximum absolute atomic E-state index is 12.4. The number of ether oxygens (including phenoxy) is 2. The maximum atomic E-state index is 12.4. The van der Waals surface area contributed by atoms with Crippen LogP contribution < -0.4 is 14.8 Å². The first-order valence-electron chi connectivity index (χ1n) is 8.80. The third-order valence-corrected chi connectivity index (χ3v) is 4.76. The summed E-state index contributed by atoms with van der Waals surface area (Å²) in [4.78, 5) is 26.2. The number of fused-ring (bicyclic) bond motifs is 1. The van der Waals surface area contributed by atoms with Crippen LogP contribution in [-0.2, 0) is 9.59 Å². The Morgan fingerprint density at radius 2 is 2.00 bits per heavy atom. The number of likely N-dealkylation sites (tertiary alicyclic amines) is 1. The number of carbonyl (C=O) groups is 2. The summed E-state index contributed by atoms with van der Waals surface area (Å²) in [5, 5.41) is 3.40. The van der Waals surface area contributed by atoms with Gasteiger partial charge < -0.3 is 19.7 Å². The van der Waals surface area contributed by atoms with E-state index in [0.29, 0.717) is 42.5 Å². The first-order valence-corrected chi connectivity index (χ1v) is 9.18. The summed E-state index contributed by atoms with van der Waals surface area (Å²) < 4.78 is 10.6. The van der Waals surface area contributed by atoms with E-state index in [4.69, 9.17) is 21.1 Å². The molecule has 6 nitrogen and oxygen atoms in total. The van der Waals surface area contributed by atoms with Gasteiger partial charge in [0.1, 0.15) is 0 Å². The van der Waals surface area contributed by atoms with Gasteiger partial charge in [-0.2, -0.15) is 0 Å². The Balaban J connectivity index is 1.55. The molecule has 0 saturated carbocycles. The Morgan fingerprint density at radius 3 is 2.69 bits per heavy atom. The molecule has 140 valence electrons. The number of benzene rings is 1. The normalized spacial score (nSPS) is 17.2. The van der Waals surface area contributed by atoms with E-state index in [-0.39, 0.29) is 30.6 Å². The number of amides is 2. The van der Waals surface area contributed by atoms with E-state index in [1.807, 2.05) is 13.8 Å². The van der Waals surface area contributed by atoms with Crippen molar-refractivity contribution >= 4 is 29.5 Å². The number of hydrogen-bond acceptors (Lipinski definition) is 4. The van der Waals surface area contributed by atoms with Crippen LogP contribution in [0.2, 0.25) is 5.02 Å². The highest BCUT2D eigenvalue weighted by Gasteiger charge is 2.26. The number of carbonyl (C=O) groups excluding carboxylic acids is 2. The second-order valence-corrected chi connectivity index (χ2v) is 7.24. The van der Waals surface area contributed by atoms with Gasteiger partial charge in [0.2, 0.25) is 18.6 Å². The number of nitrogens with one attached hydrogen (secondary N) is 1. The van der Waals surface area contributed by atoms with Gasteiger partial charge in [0, 0.05) is 31.1 Å². The van der Waals surface area contributed by atoms with E-state index in [1.54, 1.807) is 23.1 Å². The average molecular weight is 379 g/mol. The van der Waals surface area contributed by atoms with Crippen molar-refractivity contribution in [3.63, 3.8) is 0 Å². The zero-order chi connectivity index (χ0) is 18.7. The Bertz CT molecular complexity index is 724. The fraction of sp³-hybridized carbons (Fsp3) is 0.474. The van der Waals surface area contributed by atoms with Crippen LogP contribution in [0.4, 0.5) is 0 Å². The molecule has 1 aromatic rings. The van der Waals surface area contributed by atoms with E-state index in [1.165, 1.54) is 6.08 Å². The fourth-order valence-corrected chi connectivity index (χ4v) is 3.39. The second kappa shape index (κ2) is 7.99. The van der Waals surface area contributed by atoms with Crippen LogP contribution in [0.3, 0.4) is 0 Å². The van der Waals surface area contributed by atoms with Gasteiger partial charge in [-0.3, -0.25) is 9.59 Å². The number of rotatable bonds is 4. The first kappa shape index (κ1) is 18.6. The molecule has 2 aliphatic rings. The minimum Gasteiger partial charge on any atom is -0.454 e. The molecule has 0 atom stereocenters. The minimum absolute atomic E-state index is 0.0157. The highest BCUT2D eigenvalue weighted by atomic mass is 35.5. The molecule has 0 aromatic heterocycles. The van der Waals surface area contributed by atoms with Gasteiger partial charge in [-0.1, -0.05) is 11.6 Å². The maximum Gasteiger partial charge on any atom is 0.246 e. The molecule has 3 rings (SSSR count). The van der Waals surface area contributed by atoms with Crippen LogP contribution in [0.25, 0.3) is 6.08 Å². The third-order valence-electron chi connectivity index (χ3n) is 4.48. The average Bonchev–Trinajstić information content (AvgIpc) is 3.08. The molecule has 1 saturated heterocycles. The molecule has 0 unspecified atom stereocenters. The Labute approximate surface area is 158 Å². The van der Waals surface area contributed by atoms with Crippen molar-refractivity contribution in [1.82, 2.24) is 10.2 Å². The molecule has 7 heteroatoms. The lowest BCUT2D eigenvalue weighted by atomic mass is 9.95. The molecule has 2 amide bonds. The Morgan fingerprint density at radius 1 is 1.27 bits per heavy atom. The van der Waals surface area contributed by atoms with Crippen molar-refractivity contribution in [2.45, 2.75) is 32.7 Å². The summed E-state index contributed by atoms with van der Waals surface area (Å²) in [5.41, 5.74) is 0.777. The first-order chi connectivity index (χ1) is 12.4. The molecule has 0 bridgehead atoms. The molecule has 0 spiro atoms. The van der Waals surface area contributed by atoms with E-state index >= 15 is 0 Å². The molecule has 2 heterocycles. The van der Waals surface area contributed by atoms with Crippen molar-refractivity contribution in [3.05, 3.63) is 28.8 Å². The van der Waals surface area contributed by atoms with Crippen LogP contribution in [0.1, 0.15) is 32.3 Å². The van der Waals surface area contributed by atoms with E-state index in [2.05, 4.69) is 5.32 Å². The summed E-state index contributed by atoms with van der Waals surface area (Å²) in [7, 11) is 0. The fourth-order valence-electron chi connectivity index (χ4n) is 3.12. The predicted octanol–water partition coefficient (Wildman–Crippen LogP) is 2.85. The van der Waals surface area contributed by atoms with Crippen molar-refractivity contribution in [3.8, 4) is 11.5 Å². The molecule has 1 N–H and O–H groups in total. The van der Waals surface area contributed by atoms with Crippen molar-refractivity contribution in [1.29, 1.82) is 0 Å². The van der Waals surface area contributed by atoms with Gasteiger partial charge in [-0.05, 0) is 50.5 Å². The minimum atomic E-state index is -0.0680. The highest BCUT2D eigenvalue weighted by Crippen LogP contribution is 2.40. The van der Waals surface area contributed by atoms with Gasteiger partial charge in [0.15, 0.2) is 11.5 Å². The molecule has 1 fully saturated rings. The smallest absolute Gasteiger partial charge is 0.246 e. The Hall–Kier alpha value is -2.21. The zero-order valence-electron chi connectivity index (χ0n) is 15.0. The topological polar surface area (TPSA) is 67.9 Å². The lowest BCUT2D eigenvalue weighted by Crippen LogP contribution is -2.43. The van der Waals surface area contributed by atoms with Gasteiger partial charge in [0.25, 0.3) is 0 Å². The standard InChI is InChI=1S/C19H23ClN2O4/c1-12(2)21-19(24)14-5-7-22(8-6-14)17(23)4-3-13-9-15(20)18-16(10-13)25-11-26-18/h3-4,9-10,12,14H,5-8,11H2,1-2H3,(H,21,24)/b4-3+. The Kier molecular flexibility index (Phi) is 5.71. The summed E-state index contributed by atoms with van der Waals surface area (Å²) in [5.74, 6) is 1.12. The lowest BCUT2D eigenvalue weighted by molar-refractivity contribution is -0.132. The quantitative estimate of drug-likeness (QED) is 0.818. The van der Waals surface area contributed by atoms with Gasteiger partial charge in [-0.15, -0.1) is 0 Å². The number of piperidine rings is 1. The SMILES string of the molecule is CC(C)NC(=O)C1CCN(C(=O)/C=C/c2cc(Cl)c3c(c2)OCO3)CC1. The number of nitrogens with zero attached hydrogens (tertiary/aromatic N) is 1. The van der Waals surface area contributed by atoms with Crippen LogP contribution in [-0.4, -0.2) is 42.6 Å². The van der Waals surface area contributed by atoms with Crippen molar-refractivity contribution in [2.75, 3.05) is 19.9 Å². The lowest BCUT2D eigenvalue weighted by Gasteiger charge is -2.31. The van der Waals surface area contributed by atoms with E-state index < -0.39 is 0 Å². The van der Waals surface area contributed by atoms with E-state index in [9.17, 15) is 9.59 Å². The summed E-state index contributed by atoms with van der Waals surface area (Å²) in [6.07, 6.45) is 4.62. The van der Waals surface area contributed by atoms with Crippen LogP contribution >= 0.6 is 11.6 Å². The molecule has 26 heavy (non-hydrogen) atoms. The molecule has 2 aliphatic heterocycles. The predicted molar refractivity (Wildman–Crippen MR) is 99.2 cm³/mol. The van der Waals surface area contributed by atoms with Crippen LogP contribution in [0, 0.1) is 5.92 Å².